The van der Waals surface area contributed by atoms with Gasteiger partial charge in [-0.25, -0.2) is 4.79 Å². The highest BCUT2D eigenvalue weighted by Crippen LogP contribution is 2.31. The minimum atomic E-state index is -2.85. The van der Waals surface area contributed by atoms with Gasteiger partial charge in [-0.3, -0.25) is 4.79 Å². The number of hydrogen-bond acceptors (Lipinski definition) is 7. The van der Waals surface area contributed by atoms with E-state index in [9.17, 15) is 9.59 Å². The van der Waals surface area contributed by atoms with Crippen molar-refractivity contribution in [1.82, 2.24) is 5.32 Å². The van der Waals surface area contributed by atoms with E-state index in [0.29, 0.717) is 25.0 Å². The van der Waals surface area contributed by atoms with E-state index in [1.807, 2.05) is 140 Å². The van der Waals surface area contributed by atoms with Crippen LogP contribution in [0.1, 0.15) is 64.7 Å². The van der Waals surface area contributed by atoms with E-state index < -0.39 is 38.3 Å². The summed E-state index contributed by atoms with van der Waals surface area (Å²) in [6, 6.07) is 27.7. The van der Waals surface area contributed by atoms with Gasteiger partial charge in [0.2, 0.25) is 0 Å². The smallest absolute Gasteiger partial charge is 0.407 e. The summed E-state index contributed by atoms with van der Waals surface area (Å²) in [5.41, 5.74) is 2.26. The Hall–Kier alpha value is -3.37. The SMILES string of the molecule is CC(C)(C)OC(=O)NC(Cc1ccc(OC(C)(C)C)cc1)C1CC=CC(C(Cc2ccccc2)C(=O)SCc2ccccc2)O[Si](C)(C)O1. The van der Waals surface area contributed by atoms with Crippen LogP contribution in [0.4, 0.5) is 4.79 Å². The molecule has 9 heteroatoms. The summed E-state index contributed by atoms with van der Waals surface area (Å²) in [5, 5.41) is 3.20. The minimum Gasteiger partial charge on any atom is -0.488 e. The Bertz CT molecular complexity index is 1520. The van der Waals surface area contributed by atoms with Crippen LogP contribution in [0.15, 0.2) is 97.1 Å². The van der Waals surface area contributed by atoms with Crippen LogP contribution in [0, 0.1) is 5.92 Å². The number of thioether (sulfide) groups is 1. The van der Waals surface area contributed by atoms with Crippen molar-refractivity contribution in [2.75, 3.05) is 0 Å². The second-order valence-electron chi connectivity index (χ2n) is 15.0. The number of nitrogens with one attached hydrogen (secondary N) is 1. The third kappa shape index (κ3) is 13.5. The molecule has 1 N–H and O–H groups in total. The standard InChI is InChI=1S/C40H53NO6SSi/c1-39(2,3)44-32-24-22-30(23-25-32)27-34(41-38(43)45-40(4,5)6)36-21-15-20-35(46-49(7,8)47-36)33(26-29-16-11-9-12-17-29)37(42)48-28-31-18-13-10-14-19-31/h9-20,22-25,33-36H,21,26-28H2,1-8H3,(H,41,43). The fourth-order valence-electron chi connectivity index (χ4n) is 5.69. The van der Waals surface area contributed by atoms with Crippen LogP contribution in [-0.2, 0) is 37.0 Å². The molecule has 0 saturated carbocycles. The van der Waals surface area contributed by atoms with Gasteiger partial charge in [-0.05, 0) is 103 Å². The molecule has 0 fully saturated rings. The highest BCUT2D eigenvalue weighted by atomic mass is 32.2. The maximum atomic E-state index is 13.9. The lowest BCUT2D eigenvalue weighted by atomic mass is 9.94. The number of rotatable bonds is 11. The first-order chi connectivity index (χ1) is 23.1. The third-order valence-corrected chi connectivity index (χ3v) is 10.5. The zero-order valence-corrected chi connectivity index (χ0v) is 32.0. The number of ether oxygens (including phenoxy) is 2. The molecule has 1 aliphatic rings. The Morgan fingerprint density at radius 3 is 2.00 bits per heavy atom. The van der Waals surface area contributed by atoms with Gasteiger partial charge in [-0.2, -0.15) is 0 Å². The second kappa shape index (κ2) is 17.0. The average Bonchev–Trinajstić information content (AvgIpc) is 3.00. The molecule has 0 radical (unpaired) electrons. The largest absolute Gasteiger partial charge is 0.488 e. The van der Waals surface area contributed by atoms with Crippen molar-refractivity contribution in [3.63, 3.8) is 0 Å². The second-order valence-corrected chi connectivity index (χ2v) is 19.3. The van der Waals surface area contributed by atoms with Crippen LogP contribution in [0.5, 0.6) is 5.75 Å². The number of hydrogen-bond donors (Lipinski definition) is 1. The summed E-state index contributed by atoms with van der Waals surface area (Å²) >= 11 is 1.34. The van der Waals surface area contributed by atoms with E-state index in [1.54, 1.807) is 0 Å². The van der Waals surface area contributed by atoms with Gasteiger partial charge >= 0.3 is 14.7 Å². The quantitative estimate of drug-likeness (QED) is 0.158. The molecular formula is C40H53NO6SSi. The molecule has 1 amide bonds. The molecule has 0 aromatic heterocycles. The molecule has 4 rings (SSSR count). The van der Waals surface area contributed by atoms with Gasteiger partial charge in [0.05, 0.1) is 24.2 Å². The van der Waals surface area contributed by atoms with Crippen LogP contribution < -0.4 is 10.1 Å². The predicted octanol–water partition coefficient (Wildman–Crippen LogP) is 9.05. The monoisotopic (exact) mass is 703 g/mol. The van der Waals surface area contributed by atoms with Crippen molar-refractivity contribution < 1.29 is 27.9 Å². The van der Waals surface area contributed by atoms with Crippen molar-refractivity contribution in [2.24, 2.45) is 5.92 Å². The fourth-order valence-corrected chi connectivity index (χ4v) is 8.57. The number of carbonyl (C=O) groups excluding carboxylic acids is 2. The van der Waals surface area contributed by atoms with Gasteiger partial charge in [-0.1, -0.05) is 96.7 Å². The lowest BCUT2D eigenvalue weighted by molar-refractivity contribution is -0.116. The number of benzene rings is 3. The molecule has 4 unspecified atom stereocenters. The van der Waals surface area contributed by atoms with Crippen molar-refractivity contribution in [3.05, 3.63) is 114 Å². The third-order valence-electron chi connectivity index (χ3n) is 7.72. The molecule has 0 saturated heterocycles. The molecule has 3 aromatic carbocycles. The molecule has 4 atom stereocenters. The van der Waals surface area contributed by atoms with Crippen molar-refractivity contribution in [1.29, 1.82) is 0 Å². The van der Waals surface area contributed by atoms with E-state index in [2.05, 4.69) is 17.4 Å². The molecule has 0 aliphatic carbocycles. The van der Waals surface area contributed by atoms with Gasteiger partial charge in [0.25, 0.3) is 0 Å². The van der Waals surface area contributed by atoms with E-state index in [0.717, 1.165) is 22.4 Å². The number of alkyl carbamates (subject to hydrolysis) is 1. The maximum Gasteiger partial charge on any atom is 0.407 e. The van der Waals surface area contributed by atoms with Gasteiger partial charge in [0, 0.05) is 5.75 Å². The fraction of sp³-hybridized carbons (Fsp3) is 0.450. The number of carbonyl (C=O) groups is 2. The molecule has 1 heterocycles. The van der Waals surface area contributed by atoms with Crippen LogP contribution in [0.25, 0.3) is 0 Å². The summed E-state index contributed by atoms with van der Waals surface area (Å²) in [4.78, 5) is 27.0. The molecule has 3 aromatic rings. The lowest BCUT2D eigenvalue weighted by Gasteiger charge is -2.38. The Labute approximate surface area is 298 Å². The van der Waals surface area contributed by atoms with Gasteiger partial charge in [0.1, 0.15) is 17.0 Å². The highest BCUT2D eigenvalue weighted by Gasteiger charge is 2.40. The Morgan fingerprint density at radius 2 is 1.41 bits per heavy atom. The van der Waals surface area contributed by atoms with Crippen LogP contribution >= 0.6 is 11.8 Å². The normalized spacial score (nSPS) is 19.2. The molecule has 1 aliphatic heterocycles. The Kier molecular flexibility index (Phi) is 13.4. The minimum absolute atomic E-state index is 0.0904. The summed E-state index contributed by atoms with van der Waals surface area (Å²) < 4.78 is 25.3. The zero-order chi connectivity index (χ0) is 35.7. The van der Waals surface area contributed by atoms with Crippen LogP contribution in [0.3, 0.4) is 0 Å². The first-order valence-electron chi connectivity index (χ1n) is 17.1. The van der Waals surface area contributed by atoms with Crippen molar-refractivity contribution in [2.45, 2.75) is 109 Å². The maximum absolute atomic E-state index is 13.9. The first-order valence-corrected chi connectivity index (χ1v) is 20.9. The topological polar surface area (TPSA) is 83.1 Å². The molecule has 7 nitrogen and oxygen atoms in total. The van der Waals surface area contributed by atoms with E-state index in [4.69, 9.17) is 18.3 Å². The Morgan fingerprint density at radius 1 is 0.816 bits per heavy atom. The van der Waals surface area contributed by atoms with Gasteiger partial charge in [0.15, 0.2) is 5.12 Å². The van der Waals surface area contributed by atoms with Gasteiger partial charge < -0.3 is 23.6 Å². The van der Waals surface area contributed by atoms with Crippen LogP contribution in [0.2, 0.25) is 13.1 Å². The Balaban J connectivity index is 1.57. The molecule has 0 spiro atoms. The molecule has 49 heavy (non-hydrogen) atoms. The number of amides is 1. The van der Waals surface area contributed by atoms with E-state index in [-0.39, 0.29) is 16.8 Å². The summed E-state index contributed by atoms with van der Waals surface area (Å²) in [5.74, 6) is 0.985. The van der Waals surface area contributed by atoms with Crippen LogP contribution in [-0.4, -0.2) is 49.2 Å². The molecular weight excluding hydrogens is 651 g/mol. The summed E-state index contributed by atoms with van der Waals surface area (Å²) in [6.07, 6.45) is 4.35. The zero-order valence-electron chi connectivity index (χ0n) is 30.2. The summed E-state index contributed by atoms with van der Waals surface area (Å²) in [6.45, 7) is 15.6. The van der Waals surface area contributed by atoms with E-state index in [1.165, 1.54) is 11.8 Å². The van der Waals surface area contributed by atoms with Crippen molar-refractivity contribution >= 4 is 31.5 Å². The predicted molar refractivity (Wildman–Crippen MR) is 201 cm³/mol. The lowest BCUT2D eigenvalue weighted by Crippen LogP contribution is -2.53. The molecule has 0 bridgehead atoms. The van der Waals surface area contributed by atoms with E-state index >= 15 is 0 Å². The summed E-state index contributed by atoms with van der Waals surface area (Å²) in [7, 11) is -2.85. The first kappa shape index (κ1) is 38.4. The molecule has 264 valence electrons. The average molecular weight is 704 g/mol. The highest BCUT2D eigenvalue weighted by molar-refractivity contribution is 8.13. The van der Waals surface area contributed by atoms with Crippen molar-refractivity contribution in [3.8, 4) is 5.75 Å². The van der Waals surface area contributed by atoms with Gasteiger partial charge in [-0.15, -0.1) is 0 Å².